The van der Waals surface area contributed by atoms with Crippen LogP contribution in [-0.2, 0) is 18.8 Å². The third-order valence-corrected chi connectivity index (χ3v) is 5.35. The summed E-state index contributed by atoms with van der Waals surface area (Å²) in [6, 6.07) is 0. The lowest BCUT2D eigenvalue weighted by molar-refractivity contribution is -0.128. The molecule has 5 atom stereocenters. The quantitative estimate of drug-likeness (QED) is 0.344. The fraction of sp³-hybridized carbons (Fsp3) is 0.538. The Morgan fingerprint density at radius 1 is 1.54 bits per heavy atom. The van der Waals surface area contributed by atoms with Crippen LogP contribution in [0.1, 0.15) is 13.2 Å². The molecular weight excluding hydrogens is 424 g/mol. The van der Waals surface area contributed by atoms with Gasteiger partial charge in [0.1, 0.15) is 17.7 Å². The Hall–Kier alpha value is -1.73. The lowest BCUT2D eigenvalue weighted by Crippen LogP contribution is -2.34. The van der Waals surface area contributed by atoms with Gasteiger partial charge in [-0.25, -0.2) is 9.37 Å². The number of halogens is 2. The first-order chi connectivity index (χ1) is 13.0. The first-order valence-corrected chi connectivity index (χ1v) is 9.87. The van der Waals surface area contributed by atoms with Crippen LogP contribution in [0, 0.1) is 0 Å². The average molecular weight is 440 g/mol. The van der Waals surface area contributed by atoms with Crippen LogP contribution < -0.4 is 5.73 Å². The number of hydrogen-bond acceptors (Lipinski definition) is 9. The van der Waals surface area contributed by atoms with Crippen molar-refractivity contribution >= 4 is 42.0 Å². The van der Waals surface area contributed by atoms with Crippen LogP contribution in [0.3, 0.4) is 0 Å². The summed E-state index contributed by atoms with van der Waals surface area (Å²) < 4.78 is 37.4. The van der Waals surface area contributed by atoms with Crippen molar-refractivity contribution in [2.75, 3.05) is 12.3 Å². The second kappa shape index (κ2) is 7.59. The molecule has 1 fully saturated rings. The molecule has 0 radical (unpaired) electrons. The van der Waals surface area contributed by atoms with Crippen molar-refractivity contribution in [3.8, 4) is 0 Å². The minimum Gasteiger partial charge on any atom is -0.387 e. The minimum atomic E-state index is -4.89. The number of Topliss-reactive ketones (excluding diaryl/α,β-unsaturated/α-hetero) is 1. The number of fused-ring (bicyclic) bond motifs is 1. The number of ketones is 1. The molecule has 1 saturated heterocycles. The van der Waals surface area contributed by atoms with Crippen molar-refractivity contribution in [3.63, 3.8) is 0 Å². The number of nitrogen functional groups attached to an aromatic ring is 1. The van der Waals surface area contributed by atoms with Gasteiger partial charge >= 0.3 is 7.60 Å². The first-order valence-electron chi connectivity index (χ1n) is 7.81. The molecule has 154 valence electrons. The summed E-state index contributed by atoms with van der Waals surface area (Å²) in [7, 11) is -4.89. The Bertz CT molecular complexity index is 955. The topological polar surface area (TPSA) is 183 Å². The SMILES string of the molecule is CC(=O)[C@@H](OC[C@H]1O[C@@H](n2cnc3c(N)nc(Cl)nc32)[C@@H](F)[C@@H]1O)P(=O)(O)O. The van der Waals surface area contributed by atoms with Gasteiger partial charge < -0.3 is 30.1 Å². The molecular formula is C13H16ClFN5O7P. The van der Waals surface area contributed by atoms with Crippen molar-refractivity contribution in [1.29, 1.82) is 0 Å². The number of aromatic nitrogens is 4. The molecule has 1 aliphatic rings. The Labute approximate surface area is 161 Å². The Morgan fingerprint density at radius 3 is 2.82 bits per heavy atom. The smallest absolute Gasteiger partial charge is 0.361 e. The first kappa shape index (κ1) is 21.0. The number of aliphatic hydroxyl groups is 1. The van der Waals surface area contributed by atoms with Gasteiger partial charge in [0.15, 0.2) is 29.6 Å². The maximum atomic E-state index is 14.6. The van der Waals surface area contributed by atoms with Gasteiger partial charge in [0.2, 0.25) is 11.1 Å². The standard InChI is InChI=1S/C13H16ClFN5O7P/c1-4(21)12(28(23,24)25)26-2-5-8(22)6(15)11(27-5)20-3-17-7-9(16)18-13(14)19-10(7)20/h3,5-6,8,11-12,22H,2H2,1H3,(H2,16,18,19)(H2,23,24,25)/t5-,6+,8-,11-,12+/m1/s1. The molecule has 0 bridgehead atoms. The van der Waals surface area contributed by atoms with Gasteiger partial charge in [-0.3, -0.25) is 13.9 Å². The van der Waals surface area contributed by atoms with Crippen LogP contribution in [0.4, 0.5) is 10.2 Å². The number of nitrogens with zero attached hydrogens (tertiary/aromatic N) is 4. The third kappa shape index (κ3) is 3.87. The highest BCUT2D eigenvalue weighted by molar-refractivity contribution is 7.53. The number of aliphatic hydroxyl groups excluding tert-OH is 1. The van der Waals surface area contributed by atoms with Crippen LogP contribution in [0.2, 0.25) is 5.28 Å². The highest BCUT2D eigenvalue weighted by atomic mass is 35.5. The highest BCUT2D eigenvalue weighted by Gasteiger charge is 2.47. The van der Waals surface area contributed by atoms with E-state index in [-0.39, 0.29) is 22.3 Å². The zero-order valence-corrected chi connectivity index (χ0v) is 15.9. The molecule has 0 aliphatic carbocycles. The summed E-state index contributed by atoms with van der Waals surface area (Å²) in [6.07, 6.45) is -5.22. The maximum absolute atomic E-state index is 14.6. The molecule has 0 amide bonds. The van der Waals surface area contributed by atoms with E-state index >= 15 is 0 Å². The number of anilines is 1. The molecule has 0 unspecified atom stereocenters. The van der Waals surface area contributed by atoms with Crippen LogP contribution in [0.15, 0.2) is 6.33 Å². The molecule has 0 aromatic carbocycles. The van der Waals surface area contributed by atoms with E-state index in [2.05, 4.69) is 15.0 Å². The van der Waals surface area contributed by atoms with Gasteiger partial charge in [0, 0.05) is 0 Å². The van der Waals surface area contributed by atoms with E-state index in [1.54, 1.807) is 0 Å². The molecule has 1 aliphatic heterocycles. The van der Waals surface area contributed by atoms with Gasteiger partial charge in [-0.15, -0.1) is 0 Å². The van der Waals surface area contributed by atoms with Gasteiger partial charge in [-0.1, -0.05) is 0 Å². The maximum Gasteiger partial charge on any atom is 0.361 e. The normalized spacial score (nSPS) is 26.6. The second-order valence-corrected chi connectivity index (χ2v) is 8.07. The van der Waals surface area contributed by atoms with Crippen LogP contribution in [-0.4, -0.2) is 71.0 Å². The average Bonchev–Trinajstić information content (AvgIpc) is 3.09. The monoisotopic (exact) mass is 439 g/mol. The third-order valence-electron chi connectivity index (χ3n) is 4.06. The fourth-order valence-electron chi connectivity index (χ4n) is 2.80. The number of alkyl halides is 1. The second-order valence-electron chi connectivity index (χ2n) is 6.09. The zero-order chi connectivity index (χ0) is 20.8. The molecule has 5 N–H and O–H groups in total. The molecule has 3 rings (SSSR count). The van der Waals surface area contributed by atoms with E-state index in [9.17, 15) is 18.9 Å². The summed E-state index contributed by atoms with van der Waals surface area (Å²) in [6.45, 7) is 0.292. The van der Waals surface area contributed by atoms with E-state index < -0.39 is 50.4 Å². The lowest BCUT2D eigenvalue weighted by atomic mass is 10.1. The lowest BCUT2D eigenvalue weighted by Gasteiger charge is -2.20. The number of carbonyl (C=O) groups excluding carboxylic acids is 1. The number of nitrogens with two attached hydrogens (primary N) is 1. The van der Waals surface area contributed by atoms with Crippen LogP contribution in [0.25, 0.3) is 11.2 Å². The molecule has 2 aromatic rings. The van der Waals surface area contributed by atoms with E-state index in [1.165, 1.54) is 6.33 Å². The van der Waals surface area contributed by atoms with Gasteiger partial charge in [-0.2, -0.15) is 9.97 Å². The summed E-state index contributed by atoms with van der Waals surface area (Å²) in [5.74, 6) is -2.99. The molecule has 15 heteroatoms. The Morgan fingerprint density at radius 2 is 2.21 bits per heavy atom. The zero-order valence-electron chi connectivity index (χ0n) is 14.2. The molecule has 3 heterocycles. The number of hydrogen-bond donors (Lipinski definition) is 4. The van der Waals surface area contributed by atoms with E-state index in [1.807, 2.05) is 0 Å². The molecule has 28 heavy (non-hydrogen) atoms. The van der Waals surface area contributed by atoms with Gasteiger partial charge in [0.25, 0.3) is 0 Å². The predicted octanol–water partition coefficient (Wildman–Crippen LogP) is -0.232. The van der Waals surface area contributed by atoms with Crippen molar-refractivity contribution in [1.82, 2.24) is 19.5 Å². The Kier molecular flexibility index (Phi) is 5.69. The molecule has 12 nitrogen and oxygen atoms in total. The van der Waals surface area contributed by atoms with E-state index in [0.29, 0.717) is 0 Å². The fourth-order valence-corrected chi connectivity index (χ4v) is 3.72. The van der Waals surface area contributed by atoms with E-state index in [0.717, 1.165) is 11.5 Å². The minimum absolute atomic E-state index is 0.0338. The largest absolute Gasteiger partial charge is 0.387 e. The number of imidazole rings is 1. The van der Waals surface area contributed by atoms with Crippen molar-refractivity contribution in [3.05, 3.63) is 11.6 Å². The van der Waals surface area contributed by atoms with Gasteiger partial charge in [-0.05, 0) is 18.5 Å². The van der Waals surface area contributed by atoms with Gasteiger partial charge in [0.05, 0.1) is 12.9 Å². The Balaban J connectivity index is 1.81. The molecule has 0 spiro atoms. The van der Waals surface area contributed by atoms with Crippen molar-refractivity contribution < 1.29 is 38.1 Å². The summed E-state index contributed by atoms with van der Waals surface area (Å²) in [5, 5.41) is 9.88. The number of rotatable bonds is 6. The summed E-state index contributed by atoms with van der Waals surface area (Å²) in [5.41, 5.74) is 5.90. The van der Waals surface area contributed by atoms with Crippen LogP contribution >= 0.6 is 19.2 Å². The highest BCUT2D eigenvalue weighted by Crippen LogP contribution is 2.43. The molecule has 2 aromatic heterocycles. The van der Waals surface area contributed by atoms with E-state index in [4.69, 9.17) is 36.6 Å². The van der Waals surface area contributed by atoms with Crippen molar-refractivity contribution in [2.45, 2.75) is 37.4 Å². The number of carbonyl (C=O) groups is 1. The summed E-state index contributed by atoms with van der Waals surface area (Å²) >= 11 is 5.76. The van der Waals surface area contributed by atoms with Crippen molar-refractivity contribution in [2.24, 2.45) is 0 Å². The van der Waals surface area contributed by atoms with Crippen LogP contribution in [0.5, 0.6) is 0 Å². The molecule has 0 saturated carbocycles. The summed E-state index contributed by atoms with van der Waals surface area (Å²) in [4.78, 5) is 41.3. The predicted molar refractivity (Wildman–Crippen MR) is 92.0 cm³/mol. The number of ether oxygens (including phenoxy) is 2.